The molecule has 0 aromatic heterocycles. The van der Waals surface area contributed by atoms with Gasteiger partial charge in [0, 0.05) is 21.4 Å². The third-order valence-corrected chi connectivity index (χ3v) is 3.08. The van der Waals surface area contributed by atoms with E-state index < -0.39 is 11.6 Å². The highest BCUT2D eigenvalue weighted by molar-refractivity contribution is 14.1. The van der Waals surface area contributed by atoms with E-state index in [2.05, 4.69) is 27.9 Å². The van der Waals surface area contributed by atoms with Crippen LogP contribution in [0.4, 0.5) is 14.5 Å². The molecule has 17 heavy (non-hydrogen) atoms. The number of halogens is 3. The molecule has 0 fully saturated rings. The maximum Gasteiger partial charge on any atom is 0.163 e. The third-order valence-electron chi connectivity index (χ3n) is 2.36. The highest BCUT2D eigenvalue weighted by Gasteiger charge is 2.06. The zero-order chi connectivity index (χ0) is 12.3. The Morgan fingerprint density at radius 3 is 2.41 bits per heavy atom. The van der Waals surface area contributed by atoms with Crippen molar-refractivity contribution in [2.24, 2.45) is 0 Å². The Labute approximate surface area is 112 Å². The molecule has 0 aliphatic heterocycles. The molecule has 2 aromatic rings. The maximum atomic E-state index is 13.4. The number of benzene rings is 2. The minimum absolute atomic E-state index is 0.268. The summed E-state index contributed by atoms with van der Waals surface area (Å²) >= 11 is 2.21. The second-order valence-electron chi connectivity index (χ2n) is 3.57. The lowest BCUT2D eigenvalue weighted by Gasteiger charge is -2.07. The van der Waals surface area contributed by atoms with Crippen molar-refractivity contribution < 1.29 is 8.78 Å². The van der Waals surface area contributed by atoms with Gasteiger partial charge in [0.1, 0.15) is 0 Å². The van der Waals surface area contributed by atoms with E-state index in [9.17, 15) is 8.78 Å². The van der Waals surface area contributed by atoms with Crippen LogP contribution in [-0.4, -0.2) is 0 Å². The Balaban J connectivity index is 2.07. The summed E-state index contributed by atoms with van der Waals surface area (Å²) in [5.41, 5.74) is 1.21. The van der Waals surface area contributed by atoms with Crippen LogP contribution in [0.2, 0.25) is 0 Å². The molecule has 0 bridgehead atoms. The average molecular weight is 345 g/mol. The predicted molar refractivity (Wildman–Crippen MR) is 72.8 cm³/mol. The number of rotatable bonds is 3. The lowest BCUT2D eigenvalue weighted by atomic mass is 10.2. The van der Waals surface area contributed by atoms with Gasteiger partial charge in [-0.05, 0) is 52.9 Å². The Bertz CT molecular complexity index is 511. The van der Waals surface area contributed by atoms with Gasteiger partial charge in [-0.2, -0.15) is 0 Å². The van der Waals surface area contributed by atoms with Gasteiger partial charge in [0.2, 0.25) is 0 Å². The average Bonchev–Trinajstić information content (AvgIpc) is 2.33. The summed E-state index contributed by atoms with van der Waals surface area (Å²) in [6.45, 7) is 0.268. The Hall–Kier alpha value is -1.17. The third kappa shape index (κ3) is 3.15. The monoisotopic (exact) mass is 345 g/mol. The van der Waals surface area contributed by atoms with E-state index in [1.165, 1.54) is 6.07 Å². The van der Waals surface area contributed by atoms with Crippen LogP contribution in [0.3, 0.4) is 0 Å². The molecule has 4 heteroatoms. The van der Waals surface area contributed by atoms with Crippen LogP contribution in [0.25, 0.3) is 0 Å². The van der Waals surface area contributed by atoms with E-state index >= 15 is 0 Å². The second-order valence-corrected chi connectivity index (χ2v) is 4.82. The topological polar surface area (TPSA) is 12.0 Å². The molecule has 1 nitrogen and oxygen atoms in total. The summed E-state index contributed by atoms with van der Waals surface area (Å²) < 4.78 is 27.4. The van der Waals surface area contributed by atoms with Gasteiger partial charge in [-0.1, -0.05) is 12.1 Å². The zero-order valence-corrected chi connectivity index (χ0v) is 11.0. The summed E-state index contributed by atoms with van der Waals surface area (Å²) in [5, 5.41) is 3.05. The van der Waals surface area contributed by atoms with E-state index in [4.69, 9.17) is 0 Å². The quantitative estimate of drug-likeness (QED) is 0.823. The van der Waals surface area contributed by atoms with E-state index in [1.54, 1.807) is 6.07 Å². The highest BCUT2D eigenvalue weighted by atomic mass is 127. The molecule has 88 valence electrons. The van der Waals surface area contributed by atoms with Gasteiger partial charge in [-0.3, -0.25) is 0 Å². The van der Waals surface area contributed by atoms with Crippen LogP contribution in [0.15, 0.2) is 42.5 Å². The molecule has 0 atom stereocenters. The zero-order valence-electron chi connectivity index (χ0n) is 8.88. The smallest absolute Gasteiger partial charge is 0.163 e. The van der Waals surface area contributed by atoms with E-state index in [-0.39, 0.29) is 6.54 Å². The van der Waals surface area contributed by atoms with Crippen LogP contribution in [-0.2, 0) is 6.54 Å². The van der Waals surface area contributed by atoms with Crippen LogP contribution in [0.1, 0.15) is 5.56 Å². The van der Waals surface area contributed by atoms with Crippen molar-refractivity contribution in [2.45, 2.75) is 6.54 Å². The Kier molecular flexibility index (Phi) is 3.93. The van der Waals surface area contributed by atoms with Crippen molar-refractivity contribution in [2.75, 3.05) is 5.32 Å². The second kappa shape index (κ2) is 5.44. The van der Waals surface area contributed by atoms with Gasteiger partial charge in [0.05, 0.1) is 0 Å². The summed E-state index contributed by atoms with van der Waals surface area (Å²) in [5.74, 6) is -1.60. The molecule has 0 radical (unpaired) electrons. The van der Waals surface area contributed by atoms with Crippen LogP contribution in [0.5, 0.6) is 0 Å². The lowest BCUT2D eigenvalue weighted by molar-refractivity contribution is 0.500. The van der Waals surface area contributed by atoms with Gasteiger partial charge < -0.3 is 5.32 Å². The van der Waals surface area contributed by atoms with Crippen LogP contribution < -0.4 is 5.32 Å². The molecule has 2 rings (SSSR count). The van der Waals surface area contributed by atoms with E-state index in [1.807, 2.05) is 24.3 Å². The van der Waals surface area contributed by atoms with Gasteiger partial charge >= 0.3 is 0 Å². The molecule has 0 unspecified atom stereocenters. The number of anilines is 1. The molecule has 0 aliphatic rings. The first kappa shape index (κ1) is 12.3. The summed E-state index contributed by atoms with van der Waals surface area (Å²) in [6.07, 6.45) is 0. The van der Waals surface area contributed by atoms with Gasteiger partial charge in [-0.15, -0.1) is 0 Å². The van der Waals surface area contributed by atoms with Crippen molar-refractivity contribution in [3.63, 3.8) is 0 Å². The number of hydrogen-bond acceptors (Lipinski definition) is 1. The van der Waals surface area contributed by atoms with Crippen molar-refractivity contribution in [3.05, 3.63) is 63.2 Å². The maximum absolute atomic E-state index is 13.4. The number of hydrogen-bond donors (Lipinski definition) is 1. The molecule has 0 amide bonds. The molecular formula is C13H10F2IN. The van der Waals surface area contributed by atoms with Crippen molar-refractivity contribution >= 4 is 28.3 Å². The van der Waals surface area contributed by atoms with E-state index in [0.29, 0.717) is 5.56 Å². The molecule has 0 spiro atoms. The fraction of sp³-hybridized carbons (Fsp3) is 0.0769. The summed E-state index contributed by atoms with van der Waals surface area (Å²) in [4.78, 5) is 0. The number of nitrogens with one attached hydrogen (secondary N) is 1. The van der Waals surface area contributed by atoms with Crippen LogP contribution >= 0.6 is 22.6 Å². The SMILES string of the molecule is Fc1cccc(CNc2ccc(I)cc2)c1F. The normalized spacial score (nSPS) is 10.3. The minimum Gasteiger partial charge on any atom is -0.381 e. The largest absolute Gasteiger partial charge is 0.381 e. The standard InChI is InChI=1S/C13H10F2IN/c14-12-3-1-2-9(13(12)15)8-17-11-6-4-10(16)5-7-11/h1-7,17H,8H2. The lowest BCUT2D eigenvalue weighted by Crippen LogP contribution is -2.03. The molecule has 0 saturated heterocycles. The minimum atomic E-state index is -0.813. The molecule has 0 saturated carbocycles. The van der Waals surface area contributed by atoms with Crippen molar-refractivity contribution in [3.8, 4) is 0 Å². The van der Waals surface area contributed by atoms with Crippen LogP contribution in [0, 0.1) is 15.2 Å². The van der Waals surface area contributed by atoms with Gasteiger partial charge in [0.25, 0.3) is 0 Å². The summed E-state index contributed by atoms with van der Waals surface area (Å²) in [6, 6.07) is 11.9. The highest BCUT2D eigenvalue weighted by Crippen LogP contribution is 2.15. The van der Waals surface area contributed by atoms with E-state index in [0.717, 1.165) is 15.3 Å². The fourth-order valence-corrected chi connectivity index (χ4v) is 1.81. The Morgan fingerprint density at radius 1 is 1.00 bits per heavy atom. The molecule has 1 N–H and O–H groups in total. The van der Waals surface area contributed by atoms with Crippen molar-refractivity contribution in [1.82, 2.24) is 0 Å². The molecule has 2 aromatic carbocycles. The Morgan fingerprint density at radius 2 is 1.71 bits per heavy atom. The van der Waals surface area contributed by atoms with Gasteiger partial charge in [-0.25, -0.2) is 8.78 Å². The molecule has 0 heterocycles. The molecule has 0 aliphatic carbocycles. The van der Waals surface area contributed by atoms with Crippen molar-refractivity contribution in [1.29, 1.82) is 0 Å². The predicted octanol–water partition coefficient (Wildman–Crippen LogP) is 4.18. The first-order valence-corrected chi connectivity index (χ1v) is 6.17. The summed E-state index contributed by atoms with van der Waals surface area (Å²) in [7, 11) is 0. The molecular weight excluding hydrogens is 335 g/mol. The fourth-order valence-electron chi connectivity index (χ4n) is 1.45. The first-order valence-electron chi connectivity index (χ1n) is 5.09. The first-order chi connectivity index (χ1) is 8.16. The van der Waals surface area contributed by atoms with Gasteiger partial charge in [0.15, 0.2) is 11.6 Å².